The lowest BCUT2D eigenvalue weighted by Gasteiger charge is -2.29. The topological polar surface area (TPSA) is 116 Å². The molecule has 1 saturated carbocycles. The van der Waals surface area contributed by atoms with Gasteiger partial charge >= 0.3 is 0 Å². The van der Waals surface area contributed by atoms with Gasteiger partial charge in [0, 0.05) is 17.2 Å². The molecule has 1 aliphatic heterocycles. The number of ether oxygens (including phenoxy) is 1. The van der Waals surface area contributed by atoms with Crippen molar-refractivity contribution in [3.05, 3.63) is 68.8 Å². The van der Waals surface area contributed by atoms with Crippen LogP contribution in [0.25, 0.3) is 0 Å². The molecule has 2 aliphatic carbocycles. The molecule has 0 spiro atoms. The second kappa shape index (κ2) is 4.49. The Morgan fingerprint density at radius 2 is 2.08 bits per heavy atom. The molecule has 7 nitrogen and oxygen atoms in total. The fourth-order valence-electron chi connectivity index (χ4n) is 4.36. The van der Waals surface area contributed by atoms with Crippen LogP contribution in [0.3, 0.4) is 0 Å². The van der Waals surface area contributed by atoms with Crippen molar-refractivity contribution in [1.82, 2.24) is 0 Å². The fraction of sp³-hybridized carbons (Fsp3) is 0.316. The van der Waals surface area contributed by atoms with E-state index in [4.69, 9.17) is 10.5 Å². The van der Waals surface area contributed by atoms with Gasteiger partial charge < -0.3 is 15.6 Å². The Morgan fingerprint density at radius 1 is 1.35 bits per heavy atom. The van der Waals surface area contributed by atoms with Gasteiger partial charge in [0.1, 0.15) is 11.3 Å². The van der Waals surface area contributed by atoms with Crippen LogP contribution in [0, 0.1) is 16.0 Å². The van der Waals surface area contributed by atoms with Crippen molar-refractivity contribution in [3.8, 4) is 5.75 Å². The number of benzene rings is 2. The molecule has 3 aliphatic rings. The Labute approximate surface area is 148 Å². The Bertz CT molecular complexity index is 1020. The number of Topliss-reactive ketones (excluding diaryl/α,β-unsaturated/α-hetero) is 1. The first-order valence-electron chi connectivity index (χ1n) is 8.46. The molecule has 2 aromatic carbocycles. The van der Waals surface area contributed by atoms with Gasteiger partial charge in [0.2, 0.25) is 0 Å². The van der Waals surface area contributed by atoms with Gasteiger partial charge in [-0.05, 0) is 29.9 Å². The number of nitro benzene ring substituents is 1. The monoisotopic (exact) mass is 352 g/mol. The summed E-state index contributed by atoms with van der Waals surface area (Å²) < 4.78 is 5.77. The van der Waals surface area contributed by atoms with Crippen LogP contribution < -0.4 is 10.5 Å². The third-order valence-corrected chi connectivity index (χ3v) is 5.94. The van der Waals surface area contributed by atoms with E-state index in [1.165, 1.54) is 18.2 Å². The van der Waals surface area contributed by atoms with Gasteiger partial charge in [0.05, 0.1) is 4.92 Å². The number of nitrogens with two attached hydrogens (primary N) is 1. The average Bonchev–Trinajstić information content (AvgIpc) is 3.26. The van der Waals surface area contributed by atoms with Crippen LogP contribution >= 0.6 is 0 Å². The SMILES string of the molecule is C[C@@H]1C[C@@H]1c1ccc2c(c1)OC1(O)c3c(cccc3[N+](=O)[O-])C(=O)C21N. The molecule has 2 unspecified atom stereocenters. The van der Waals surface area contributed by atoms with Gasteiger partial charge in [-0.3, -0.25) is 14.9 Å². The van der Waals surface area contributed by atoms with Gasteiger partial charge in [-0.15, -0.1) is 0 Å². The molecule has 0 bridgehead atoms. The maximum atomic E-state index is 13.0. The molecule has 7 heteroatoms. The standard InChI is InChI=1S/C19H16N2O5/c1-9-7-12(9)10-5-6-13-15(8-10)26-19(23)16-11(17(22)18(13,19)20)3-2-4-14(16)21(24)25/h2-6,8-9,12,23H,7,20H2,1H3/t9-,12+,18?,19?/m1/s1. The highest BCUT2D eigenvalue weighted by Gasteiger charge is 2.71. The first-order chi connectivity index (χ1) is 12.3. The number of aliphatic hydroxyl groups is 1. The van der Waals surface area contributed by atoms with Gasteiger partial charge in [-0.1, -0.05) is 31.2 Å². The predicted molar refractivity (Wildman–Crippen MR) is 90.8 cm³/mol. The van der Waals surface area contributed by atoms with Crippen LogP contribution in [0.15, 0.2) is 36.4 Å². The minimum Gasteiger partial charge on any atom is -0.455 e. The summed E-state index contributed by atoms with van der Waals surface area (Å²) in [5.74, 6) is -1.56. The maximum Gasteiger partial charge on any atom is 0.280 e. The molecular weight excluding hydrogens is 336 g/mol. The number of fused-ring (bicyclic) bond motifs is 5. The molecule has 0 amide bonds. The number of nitro groups is 1. The van der Waals surface area contributed by atoms with Crippen LogP contribution in [0.5, 0.6) is 5.75 Å². The van der Waals surface area contributed by atoms with Crippen LogP contribution in [0.1, 0.15) is 46.3 Å². The highest BCUT2D eigenvalue weighted by atomic mass is 16.6. The zero-order valence-corrected chi connectivity index (χ0v) is 13.9. The summed E-state index contributed by atoms with van der Waals surface area (Å²) >= 11 is 0. The van der Waals surface area contributed by atoms with Gasteiger partial charge in [-0.2, -0.15) is 0 Å². The molecule has 0 saturated heterocycles. The van der Waals surface area contributed by atoms with Crippen LogP contribution in [0.4, 0.5) is 5.69 Å². The molecule has 0 radical (unpaired) electrons. The fourth-order valence-corrected chi connectivity index (χ4v) is 4.36. The molecule has 26 heavy (non-hydrogen) atoms. The normalized spacial score (nSPS) is 33.3. The summed E-state index contributed by atoms with van der Waals surface area (Å²) in [6.45, 7) is 2.15. The highest BCUT2D eigenvalue weighted by Crippen LogP contribution is 2.59. The summed E-state index contributed by atoms with van der Waals surface area (Å²) in [5, 5.41) is 22.7. The zero-order valence-electron chi connectivity index (χ0n) is 13.9. The number of rotatable bonds is 2. The molecule has 1 fully saturated rings. The van der Waals surface area contributed by atoms with E-state index in [-0.39, 0.29) is 16.8 Å². The zero-order chi connectivity index (χ0) is 18.4. The number of ketones is 1. The number of carbonyl (C=O) groups excluding carboxylic acids is 1. The highest BCUT2D eigenvalue weighted by molar-refractivity contribution is 6.11. The van der Waals surface area contributed by atoms with Gasteiger partial charge in [-0.25, -0.2) is 0 Å². The lowest BCUT2D eigenvalue weighted by molar-refractivity contribution is -0.388. The van der Waals surface area contributed by atoms with E-state index >= 15 is 0 Å². The van der Waals surface area contributed by atoms with E-state index in [0.29, 0.717) is 23.1 Å². The molecule has 5 rings (SSSR count). The third kappa shape index (κ3) is 1.58. The van der Waals surface area contributed by atoms with Crippen molar-refractivity contribution in [2.24, 2.45) is 11.7 Å². The lowest BCUT2D eigenvalue weighted by atomic mass is 9.83. The van der Waals surface area contributed by atoms with Crippen LogP contribution in [-0.2, 0) is 11.3 Å². The van der Waals surface area contributed by atoms with Crippen LogP contribution in [0.2, 0.25) is 0 Å². The maximum absolute atomic E-state index is 13.0. The summed E-state index contributed by atoms with van der Waals surface area (Å²) in [4.78, 5) is 23.8. The van der Waals surface area contributed by atoms with E-state index in [1.54, 1.807) is 12.1 Å². The second-order valence-corrected chi connectivity index (χ2v) is 7.42. The van der Waals surface area contributed by atoms with Crippen molar-refractivity contribution in [3.63, 3.8) is 0 Å². The van der Waals surface area contributed by atoms with Crippen LogP contribution in [-0.4, -0.2) is 15.8 Å². The van der Waals surface area contributed by atoms with Crippen molar-refractivity contribution >= 4 is 11.5 Å². The summed E-state index contributed by atoms with van der Waals surface area (Å²) in [5.41, 5.74) is 5.38. The van der Waals surface area contributed by atoms with Crippen molar-refractivity contribution in [1.29, 1.82) is 0 Å². The van der Waals surface area contributed by atoms with Crippen molar-refractivity contribution in [2.45, 2.75) is 30.6 Å². The first-order valence-corrected chi connectivity index (χ1v) is 8.46. The largest absolute Gasteiger partial charge is 0.455 e. The molecule has 1 heterocycles. The molecule has 2 aromatic rings. The number of nitrogens with zero attached hydrogens (tertiary/aromatic N) is 1. The van der Waals surface area contributed by atoms with E-state index in [2.05, 4.69) is 6.92 Å². The number of hydrogen-bond acceptors (Lipinski definition) is 6. The summed E-state index contributed by atoms with van der Waals surface area (Å²) in [6, 6.07) is 9.44. The molecule has 132 valence electrons. The van der Waals surface area contributed by atoms with Crippen molar-refractivity contribution in [2.75, 3.05) is 0 Å². The number of carbonyl (C=O) groups is 1. The molecule has 3 N–H and O–H groups in total. The van der Waals surface area contributed by atoms with E-state index < -0.39 is 22.0 Å². The van der Waals surface area contributed by atoms with E-state index in [9.17, 15) is 20.0 Å². The smallest absolute Gasteiger partial charge is 0.280 e. The lowest BCUT2D eigenvalue weighted by Crippen LogP contribution is -2.55. The Morgan fingerprint density at radius 3 is 2.73 bits per heavy atom. The second-order valence-electron chi connectivity index (χ2n) is 7.42. The van der Waals surface area contributed by atoms with E-state index in [0.717, 1.165) is 12.0 Å². The summed E-state index contributed by atoms with van der Waals surface area (Å²) in [7, 11) is 0. The minimum absolute atomic E-state index is 0.0229. The quantitative estimate of drug-likeness (QED) is 0.633. The number of hydrogen-bond donors (Lipinski definition) is 2. The summed E-state index contributed by atoms with van der Waals surface area (Å²) in [6.07, 6.45) is 1.07. The first kappa shape index (κ1) is 15.5. The van der Waals surface area contributed by atoms with Gasteiger partial charge in [0.15, 0.2) is 11.3 Å². The van der Waals surface area contributed by atoms with Gasteiger partial charge in [0.25, 0.3) is 11.5 Å². The average molecular weight is 352 g/mol. The Balaban J connectivity index is 1.73. The molecule has 0 aromatic heterocycles. The molecule has 4 atom stereocenters. The Kier molecular flexibility index (Phi) is 2.67. The molecular formula is C19H16N2O5. The van der Waals surface area contributed by atoms with Crippen molar-refractivity contribution < 1.29 is 19.6 Å². The van der Waals surface area contributed by atoms with E-state index in [1.807, 2.05) is 6.07 Å². The predicted octanol–water partition coefficient (Wildman–Crippen LogP) is 2.31. The third-order valence-electron chi connectivity index (χ3n) is 5.94. The Hall–Kier alpha value is -2.77. The minimum atomic E-state index is -2.29.